The molecule has 0 aliphatic rings. The van der Waals surface area contributed by atoms with Gasteiger partial charge in [0.1, 0.15) is 13.2 Å². The number of unbranched alkanes of at least 4 members (excludes halogenated alkanes) is 8. The van der Waals surface area contributed by atoms with Crippen molar-refractivity contribution in [3.8, 4) is 0 Å². The first kappa shape index (κ1) is 65.8. The highest BCUT2D eigenvalue weighted by molar-refractivity contribution is 5.71. The molecule has 0 aromatic rings. The van der Waals surface area contributed by atoms with Gasteiger partial charge in [-0.2, -0.15) is 0 Å². The molecule has 0 unspecified atom stereocenters. The molecule has 0 bridgehead atoms. The summed E-state index contributed by atoms with van der Waals surface area (Å²) in [6.07, 6.45) is 85.0. The molecule has 0 N–H and O–H groups in total. The van der Waals surface area contributed by atoms with Gasteiger partial charge < -0.3 is 14.2 Å². The fourth-order valence-corrected chi connectivity index (χ4v) is 6.63. The lowest BCUT2D eigenvalue weighted by Crippen LogP contribution is -2.30. The molecule has 0 radical (unpaired) electrons. The van der Waals surface area contributed by atoms with Crippen LogP contribution in [0.2, 0.25) is 0 Å². The molecular formula is C65H98O6. The van der Waals surface area contributed by atoms with Gasteiger partial charge in [0, 0.05) is 19.3 Å². The third-order valence-electron chi connectivity index (χ3n) is 10.7. The van der Waals surface area contributed by atoms with E-state index in [4.69, 9.17) is 14.2 Å². The highest BCUT2D eigenvalue weighted by Gasteiger charge is 2.19. The van der Waals surface area contributed by atoms with Crippen LogP contribution in [0.4, 0.5) is 0 Å². The highest BCUT2D eigenvalue weighted by atomic mass is 16.6. The Morgan fingerprint density at radius 2 is 0.592 bits per heavy atom. The Morgan fingerprint density at radius 1 is 0.296 bits per heavy atom. The standard InChI is InChI=1S/C65H98O6/c1-4-7-10-13-16-19-22-25-28-31-32-35-37-40-43-46-49-52-55-58-64(67)70-61-62(71-65(68)59-56-53-50-47-44-41-38-34-30-27-24-21-18-15-12-9-6-3)60-69-63(66)57-54-51-48-45-42-39-36-33-29-26-23-20-17-14-11-8-5-2/h7,9-10,12,16-21,25-30,32,35-36,38-41,43,47,49-50,52,62H,4-6,8,11,13-15,22-24,31,33-34,37,42,44-46,48,51,53-61H2,1-3H3/b10-7+,12-9+,19-16+,20-17+,21-18+,28-25+,29-26+,30-27+,35-32+,39-36+,41-38+,43-40+,50-47+,52-49+/t62-/m1/s1. The van der Waals surface area contributed by atoms with Crippen LogP contribution in [0.25, 0.3) is 0 Å². The van der Waals surface area contributed by atoms with Crippen LogP contribution < -0.4 is 0 Å². The van der Waals surface area contributed by atoms with Crippen LogP contribution in [-0.4, -0.2) is 37.2 Å². The molecule has 0 aliphatic carbocycles. The van der Waals surface area contributed by atoms with Gasteiger partial charge in [-0.15, -0.1) is 0 Å². The Hall–Kier alpha value is -5.23. The van der Waals surface area contributed by atoms with Crippen LogP contribution in [0.5, 0.6) is 0 Å². The third kappa shape index (κ3) is 55.6. The molecule has 1 atom stereocenters. The van der Waals surface area contributed by atoms with E-state index in [0.29, 0.717) is 19.3 Å². The molecule has 0 aromatic heterocycles. The summed E-state index contributed by atoms with van der Waals surface area (Å²) in [5, 5.41) is 0. The maximum Gasteiger partial charge on any atom is 0.306 e. The number of ether oxygens (including phenoxy) is 3. The van der Waals surface area contributed by atoms with E-state index in [1.807, 2.05) is 12.2 Å². The molecule has 0 rings (SSSR count). The van der Waals surface area contributed by atoms with Crippen LogP contribution in [0, 0.1) is 0 Å². The zero-order valence-corrected chi connectivity index (χ0v) is 44.9. The van der Waals surface area contributed by atoms with Crippen molar-refractivity contribution in [1.82, 2.24) is 0 Å². The van der Waals surface area contributed by atoms with Crippen molar-refractivity contribution in [3.05, 3.63) is 170 Å². The van der Waals surface area contributed by atoms with E-state index in [1.165, 1.54) is 25.7 Å². The molecule has 6 heteroatoms. The molecule has 0 spiro atoms. The first-order chi connectivity index (χ1) is 35.0. The van der Waals surface area contributed by atoms with E-state index in [-0.39, 0.29) is 38.0 Å². The van der Waals surface area contributed by atoms with Crippen molar-refractivity contribution in [1.29, 1.82) is 0 Å². The van der Waals surface area contributed by atoms with E-state index in [2.05, 4.69) is 179 Å². The zero-order valence-electron chi connectivity index (χ0n) is 44.9. The number of hydrogen-bond acceptors (Lipinski definition) is 6. The predicted molar refractivity (Wildman–Crippen MR) is 306 cm³/mol. The summed E-state index contributed by atoms with van der Waals surface area (Å²) in [5.74, 6) is -1.12. The highest BCUT2D eigenvalue weighted by Crippen LogP contribution is 2.10. The molecule has 0 fully saturated rings. The van der Waals surface area contributed by atoms with E-state index >= 15 is 0 Å². The third-order valence-corrected chi connectivity index (χ3v) is 10.7. The number of allylic oxidation sites excluding steroid dienone is 28. The van der Waals surface area contributed by atoms with Gasteiger partial charge in [0.25, 0.3) is 0 Å². The van der Waals surface area contributed by atoms with Gasteiger partial charge in [0.15, 0.2) is 6.10 Å². The molecular weight excluding hydrogens is 877 g/mol. The number of carbonyl (C=O) groups excluding carboxylic acids is 3. The Kier molecular flexibility index (Phi) is 53.1. The minimum Gasteiger partial charge on any atom is -0.462 e. The van der Waals surface area contributed by atoms with Crippen LogP contribution in [0.15, 0.2) is 170 Å². The second kappa shape index (κ2) is 57.3. The van der Waals surface area contributed by atoms with E-state index in [9.17, 15) is 14.4 Å². The number of hydrogen-bond donors (Lipinski definition) is 0. The SMILES string of the molecule is CC/C=C/C/C=C/C/C=C/C/C=C/C/C=C/C/C=C/CCC(=O)OC[C@@H](COC(=O)CCCCCC/C=C/C/C=C/C/C=C/CCCCC)OC(=O)CCC/C=C/C/C=C/C/C=C/C/C=C/C/C=C/CC. The number of carbonyl (C=O) groups is 3. The molecule has 0 aliphatic heterocycles. The second-order valence-corrected chi connectivity index (χ2v) is 17.4. The molecule has 0 aromatic carbocycles. The summed E-state index contributed by atoms with van der Waals surface area (Å²) in [6, 6.07) is 0. The molecule has 0 heterocycles. The first-order valence-corrected chi connectivity index (χ1v) is 27.6. The van der Waals surface area contributed by atoms with Crippen LogP contribution in [-0.2, 0) is 28.6 Å². The van der Waals surface area contributed by atoms with E-state index < -0.39 is 12.1 Å². The van der Waals surface area contributed by atoms with Crippen molar-refractivity contribution >= 4 is 17.9 Å². The topological polar surface area (TPSA) is 78.9 Å². The molecule has 394 valence electrons. The van der Waals surface area contributed by atoms with Gasteiger partial charge in [-0.25, -0.2) is 0 Å². The Morgan fingerprint density at radius 3 is 0.972 bits per heavy atom. The summed E-state index contributed by atoms with van der Waals surface area (Å²) in [6.45, 7) is 6.22. The molecule has 6 nitrogen and oxygen atoms in total. The molecule has 0 saturated carbocycles. The lowest BCUT2D eigenvalue weighted by Gasteiger charge is -2.18. The van der Waals surface area contributed by atoms with Crippen LogP contribution >= 0.6 is 0 Å². The normalized spacial score (nSPS) is 13.5. The largest absolute Gasteiger partial charge is 0.462 e. The average molecular weight is 975 g/mol. The fraction of sp³-hybridized carbons (Fsp3) is 0.523. The summed E-state index contributed by atoms with van der Waals surface area (Å²) >= 11 is 0. The molecule has 71 heavy (non-hydrogen) atoms. The Balaban J connectivity index is 4.67. The summed E-state index contributed by atoms with van der Waals surface area (Å²) in [5.41, 5.74) is 0. The lowest BCUT2D eigenvalue weighted by molar-refractivity contribution is -0.166. The predicted octanol–water partition coefficient (Wildman–Crippen LogP) is 18.8. The maximum atomic E-state index is 12.8. The van der Waals surface area contributed by atoms with Crippen molar-refractivity contribution in [2.45, 2.75) is 207 Å². The average Bonchev–Trinajstić information content (AvgIpc) is 3.37. The Bertz CT molecular complexity index is 1690. The first-order valence-electron chi connectivity index (χ1n) is 27.6. The molecule has 0 amide bonds. The van der Waals surface area contributed by atoms with Crippen molar-refractivity contribution < 1.29 is 28.6 Å². The minimum atomic E-state index is -0.858. The van der Waals surface area contributed by atoms with Gasteiger partial charge in [0.2, 0.25) is 0 Å². The van der Waals surface area contributed by atoms with Gasteiger partial charge in [-0.3, -0.25) is 14.4 Å². The monoisotopic (exact) mass is 975 g/mol. The van der Waals surface area contributed by atoms with E-state index in [1.54, 1.807) is 0 Å². The van der Waals surface area contributed by atoms with Crippen molar-refractivity contribution in [3.63, 3.8) is 0 Å². The van der Waals surface area contributed by atoms with E-state index in [0.717, 1.165) is 122 Å². The lowest BCUT2D eigenvalue weighted by atomic mass is 10.1. The zero-order chi connectivity index (χ0) is 51.4. The van der Waals surface area contributed by atoms with Crippen LogP contribution in [0.1, 0.15) is 201 Å². The minimum absolute atomic E-state index is 0.145. The smallest absolute Gasteiger partial charge is 0.306 e. The summed E-state index contributed by atoms with van der Waals surface area (Å²) in [7, 11) is 0. The maximum absolute atomic E-state index is 12.8. The second-order valence-electron chi connectivity index (χ2n) is 17.4. The van der Waals surface area contributed by atoms with Gasteiger partial charge in [-0.05, 0) is 135 Å². The summed E-state index contributed by atoms with van der Waals surface area (Å²) < 4.78 is 16.7. The number of rotatable bonds is 47. The van der Waals surface area contributed by atoms with Crippen molar-refractivity contribution in [2.75, 3.05) is 13.2 Å². The van der Waals surface area contributed by atoms with Gasteiger partial charge in [0.05, 0.1) is 0 Å². The van der Waals surface area contributed by atoms with Crippen molar-refractivity contribution in [2.24, 2.45) is 0 Å². The quantitative estimate of drug-likeness (QED) is 0.0262. The number of esters is 3. The fourth-order valence-electron chi connectivity index (χ4n) is 6.63. The van der Waals surface area contributed by atoms with Crippen LogP contribution in [0.3, 0.4) is 0 Å². The van der Waals surface area contributed by atoms with Gasteiger partial charge >= 0.3 is 17.9 Å². The van der Waals surface area contributed by atoms with Gasteiger partial charge in [-0.1, -0.05) is 217 Å². The molecule has 0 saturated heterocycles. The summed E-state index contributed by atoms with van der Waals surface area (Å²) in [4.78, 5) is 38.1. The Labute approximate surface area is 434 Å².